The molecule has 1 rings (SSSR count). The van der Waals surface area contributed by atoms with Crippen molar-refractivity contribution in [2.45, 2.75) is 19.3 Å². The Balaban J connectivity index is 3.26. The summed E-state index contributed by atoms with van der Waals surface area (Å²) < 4.78 is 0. The lowest BCUT2D eigenvalue weighted by Crippen LogP contribution is -2.00. The number of hydrogen-bond acceptors (Lipinski definition) is 4. The molecule has 0 aliphatic rings. The molecule has 17 heavy (non-hydrogen) atoms. The van der Waals surface area contributed by atoms with Gasteiger partial charge in [0.2, 0.25) is 0 Å². The maximum atomic E-state index is 10.9. The van der Waals surface area contributed by atoms with Gasteiger partial charge in [-0.3, -0.25) is 20.2 Å². The third kappa shape index (κ3) is 2.87. The van der Waals surface area contributed by atoms with Crippen molar-refractivity contribution >= 4 is 11.4 Å². The molecule has 0 aromatic heterocycles. The second-order valence-electron chi connectivity index (χ2n) is 3.68. The van der Waals surface area contributed by atoms with Crippen LogP contribution in [0.1, 0.15) is 24.8 Å². The van der Waals surface area contributed by atoms with Gasteiger partial charge in [-0.05, 0) is 18.4 Å². The minimum absolute atomic E-state index is 0.0892. The van der Waals surface area contributed by atoms with Crippen LogP contribution in [-0.2, 0) is 0 Å². The van der Waals surface area contributed by atoms with Crippen LogP contribution in [0, 0.1) is 20.2 Å². The Morgan fingerprint density at radius 1 is 1.35 bits per heavy atom. The molecule has 90 valence electrons. The molecule has 0 spiro atoms. The van der Waals surface area contributed by atoms with E-state index in [4.69, 9.17) is 0 Å². The molecule has 1 aromatic rings. The Morgan fingerprint density at radius 3 is 2.47 bits per heavy atom. The monoisotopic (exact) mass is 236 g/mol. The highest BCUT2D eigenvalue weighted by molar-refractivity contribution is 5.50. The number of hydrogen-bond donors (Lipinski definition) is 0. The lowest BCUT2D eigenvalue weighted by atomic mass is 9.96. The summed E-state index contributed by atoms with van der Waals surface area (Å²) in [6.07, 6.45) is 2.24. The molecule has 0 bridgehead atoms. The highest BCUT2D eigenvalue weighted by atomic mass is 16.6. The molecule has 1 aromatic carbocycles. The quantitative estimate of drug-likeness (QED) is 0.446. The Morgan fingerprint density at radius 2 is 2.00 bits per heavy atom. The molecule has 1 atom stereocenters. The minimum Gasteiger partial charge on any atom is -0.258 e. The average molecular weight is 236 g/mol. The van der Waals surface area contributed by atoms with Gasteiger partial charge in [-0.15, -0.1) is 6.58 Å². The summed E-state index contributed by atoms with van der Waals surface area (Å²) in [6.45, 7) is 5.38. The summed E-state index contributed by atoms with van der Waals surface area (Å²) >= 11 is 0. The smallest absolute Gasteiger partial charge is 0.258 e. The van der Waals surface area contributed by atoms with E-state index < -0.39 is 9.85 Å². The molecule has 0 fully saturated rings. The molecule has 1 unspecified atom stereocenters. The minimum atomic E-state index is -0.644. The van der Waals surface area contributed by atoms with Crippen LogP contribution < -0.4 is 0 Å². The van der Waals surface area contributed by atoms with Crippen LogP contribution in [0.3, 0.4) is 0 Å². The highest BCUT2D eigenvalue weighted by Gasteiger charge is 2.22. The molecular formula is C11H12N2O4. The second-order valence-corrected chi connectivity index (χ2v) is 3.68. The molecule has 0 N–H and O–H groups in total. The molecule has 0 aliphatic heterocycles. The second kappa shape index (κ2) is 5.20. The fraction of sp³-hybridized carbons (Fsp3) is 0.273. The third-order valence-corrected chi connectivity index (χ3v) is 2.47. The van der Waals surface area contributed by atoms with E-state index in [-0.39, 0.29) is 17.3 Å². The Bertz CT molecular complexity index is 471. The first-order valence-electron chi connectivity index (χ1n) is 5.01. The van der Waals surface area contributed by atoms with Crippen LogP contribution in [0.15, 0.2) is 30.9 Å². The van der Waals surface area contributed by atoms with Gasteiger partial charge in [0.05, 0.1) is 15.9 Å². The van der Waals surface area contributed by atoms with Crippen molar-refractivity contribution in [1.29, 1.82) is 0 Å². The zero-order valence-corrected chi connectivity index (χ0v) is 9.33. The zero-order valence-electron chi connectivity index (χ0n) is 9.33. The molecule has 0 heterocycles. The van der Waals surface area contributed by atoms with Gasteiger partial charge in [-0.2, -0.15) is 0 Å². The van der Waals surface area contributed by atoms with E-state index >= 15 is 0 Å². The SMILES string of the molecule is C=CCC(C)c1ccc([N+](=O)[O-])cc1[N+](=O)[O-]. The van der Waals surface area contributed by atoms with Crippen molar-refractivity contribution in [2.24, 2.45) is 0 Å². The highest BCUT2D eigenvalue weighted by Crippen LogP contribution is 2.31. The van der Waals surface area contributed by atoms with Gasteiger partial charge < -0.3 is 0 Å². The van der Waals surface area contributed by atoms with Crippen molar-refractivity contribution in [3.8, 4) is 0 Å². The Labute approximate surface area is 97.9 Å². The largest absolute Gasteiger partial charge is 0.279 e. The summed E-state index contributed by atoms with van der Waals surface area (Å²) in [5, 5.41) is 21.4. The third-order valence-electron chi connectivity index (χ3n) is 2.47. The van der Waals surface area contributed by atoms with Crippen LogP contribution >= 0.6 is 0 Å². The number of nitro benzene ring substituents is 2. The van der Waals surface area contributed by atoms with Gasteiger partial charge in [-0.1, -0.05) is 13.0 Å². The van der Waals surface area contributed by atoms with Crippen molar-refractivity contribution < 1.29 is 9.85 Å². The molecule has 6 nitrogen and oxygen atoms in total. The molecule has 0 saturated carbocycles. The van der Waals surface area contributed by atoms with Gasteiger partial charge in [0.25, 0.3) is 11.4 Å². The molecule has 0 aliphatic carbocycles. The maximum absolute atomic E-state index is 10.9. The van der Waals surface area contributed by atoms with Crippen LogP contribution in [0.5, 0.6) is 0 Å². The number of rotatable bonds is 5. The van der Waals surface area contributed by atoms with Crippen LogP contribution in [0.25, 0.3) is 0 Å². The molecule has 0 amide bonds. The Hall–Kier alpha value is -2.24. The van der Waals surface area contributed by atoms with Crippen LogP contribution in [0.4, 0.5) is 11.4 Å². The van der Waals surface area contributed by atoms with E-state index in [9.17, 15) is 20.2 Å². The van der Waals surface area contributed by atoms with Crippen LogP contribution in [0.2, 0.25) is 0 Å². The van der Waals surface area contributed by atoms with E-state index in [2.05, 4.69) is 6.58 Å². The predicted molar refractivity (Wildman–Crippen MR) is 63.0 cm³/mol. The normalized spacial score (nSPS) is 11.8. The van der Waals surface area contributed by atoms with Crippen molar-refractivity contribution in [2.75, 3.05) is 0 Å². The number of benzene rings is 1. The molecule has 0 radical (unpaired) electrons. The first-order valence-corrected chi connectivity index (χ1v) is 5.01. The zero-order chi connectivity index (χ0) is 13.0. The first-order chi connectivity index (χ1) is 7.97. The molecule has 0 saturated heterocycles. The van der Waals surface area contributed by atoms with Gasteiger partial charge in [0, 0.05) is 11.6 Å². The Kier molecular flexibility index (Phi) is 3.92. The maximum Gasteiger partial charge on any atom is 0.279 e. The van der Waals surface area contributed by atoms with E-state index in [0.717, 1.165) is 6.07 Å². The summed E-state index contributed by atoms with van der Waals surface area (Å²) in [5.41, 5.74) is 0.000281. The van der Waals surface area contributed by atoms with Crippen molar-refractivity contribution in [1.82, 2.24) is 0 Å². The van der Waals surface area contributed by atoms with Gasteiger partial charge in [-0.25, -0.2) is 0 Å². The van der Waals surface area contributed by atoms with E-state index in [1.807, 2.05) is 6.92 Å². The first kappa shape index (κ1) is 12.8. The lowest BCUT2D eigenvalue weighted by Gasteiger charge is -2.09. The number of nitro groups is 2. The molecular weight excluding hydrogens is 224 g/mol. The van der Waals surface area contributed by atoms with Gasteiger partial charge in [0.15, 0.2) is 0 Å². The van der Waals surface area contributed by atoms with Crippen molar-refractivity contribution in [3.63, 3.8) is 0 Å². The average Bonchev–Trinajstić information content (AvgIpc) is 2.28. The van der Waals surface area contributed by atoms with E-state index in [1.54, 1.807) is 6.08 Å². The lowest BCUT2D eigenvalue weighted by molar-refractivity contribution is -0.394. The number of allylic oxidation sites excluding steroid dienone is 1. The summed E-state index contributed by atoms with van der Waals surface area (Å²) in [7, 11) is 0. The topological polar surface area (TPSA) is 86.3 Å². The predicted octanol–water partition coefficient (Wildman–Crippen LogP) is 3.18. The standard InChI is InChI=1S/C11H12N2O4/c1-3-4-8(2)10-6-5-9(12(14)15)7-11(10)13(16)17/h3,5-8H,1,4H2,2H3. The summed E-state index contributed by atoms with van der Waals surface area (Å²) in [4.78, 5) is 20.2. The summed E-state index contributed by atoms with van der Waals surface area (Å²) in [5.74, 6) is -0.0892. The van der Waals surface area contributed by atoms with E-state index in [0.29, 0.717) is 12.0 Å². The fourth-order valence-corrected chi connectivity index (χ4v) is 1.60. The van der Waals surface area contributed by atoms with Gasteiger partial charge in [0.1, 0.15) is 0 Å². The molecule has 6 heteroatoms. The van der Waals surface area contributed by atoms with E-state index in [1.165, 1.54) is 12.1 Å². The number of non-ortho nitro benzene ring substituents is 1. The fourth-order valence-electron chi connectivity index (χ4n) is 1.60. The summed E-state index contributed by atoms with van der Waals surface area (Å²) in [6, 6.07) is 3.71. The number of nitrogens with zero attached hydrogens (tertiary/aromatic N) is 2. The van der Waals surface area contributed by atoms with Crippen molar-refractivity contribution in [3.05, 3.63) is 56.6 Å². The van der Waals surface area contributed by atoms with Gasteiger partial charge >= 0.3 is 0 Å². The van der Waals surface area contributed by atoms with Crippen LogP contribution in [-0.4, -0.2) is 9.85 Å².